The Kier molecular flexibility index (Phi) is 4.80. The van der Waals surface area contributed by atoms with Gasteiger partial charge in [0, 0.05) is 6.42 Å². The predicted octanol–water partition coefficient (Wildman–Crippen LogP) is 1.44. The minimum Gasteiger partial charge on any atom is -0.390 e. The van der Waals surface area contributed by atoms with E-state index in [1.807, 2.05) is 30.3 Å². The SMILES string of the molecule is O=[N+]([O-])c1ncc(C[C@@H](O)COCc2ccccc2)[nH]1. The highest BCUT2D eigenvalue weighted by molar-refractivity contribution is 5.13. The van der Waals surface area contributed by atoms with Crippen molar-refractivity contribution in [2.24, 2.45) is 0 Å². The molecule has 106 valence electrons. The molecule has 0 aliphatic heterocycles. The largest absolute Gasteiger partial charge is 0.432 e. The fourth-order valence-electron chi connectivity index (χ4n) is 1.74. The van der Waals surface area contributed by atoms with Crippen LogP contribution in [0.15, 0.2) is 36.5 Å². The number of aromatic nitrogens is 2. The lowest BCUT2D eigenvalue weighted by atomic mass is 10.2. The van der Waals surface area contributed by atoms with Gasteiger partial charge in [-0.25, -0.2) is 4.98 Å². The molecule has 0 amide bonds. The number of aliphatic hydroxyl groups is 1. The molecule has 7 nitrogen and oxygen atoms in total. The van der Waals surface area contributed by atoms with Crippen molar-refractivity contribution < 1.29 is 14.8 Å². The van der Waals surface area contributed by atoms with Crippen molar-refractivity contribution >= 4 is 5.95 Å². The highest BCUT2D eigenvalue weighted by atomic mass is 16.6. The fraction of sp³-hybridized carbons (Fsp3) is 0.308. The number of benzene rings is 1. The molecule has 20 heavy (non-hydrogen) atoms. The highest BCUT2D eigenvalue weighted by Gasteiger charge is 2.14. The molecule has 2 N–H and O–H groups in total. The second-order valence-electron chi connectivity index (χ2n) is 4.35. The van der Waals surface area contributed by atoms with Crippen molar-refractivity contribution in [2.75, 3.05) is 6.61 Å². The topological polar surface area (TPSA) is 101 Å². The number of nitro groups is 1. The summed E-state index contributed by atoms with van der Waals surface area (Å²) in [6.45, 7) is 0.572. The second-order valence-corrected chi connectivity index (χ2v) is 4.35. The van der Waals surface area contributed by atoms with E-state index in [2.05, 4.69) is 9.97 Å². The van der Waals surface area contributed by atoms with E-state index in [9.17, 15) is 15.2 Å². The minimum atomic E-state index is -0.737. The van der Waals surface area contributed by atoms with Gasteiger partial charge in [-0.3, -0.25) is 0 Å². The second kappa shape index (κ2) is 6.78. The molecular weight excluding hydrogens is 262 g/mol. The van der Waals surface area contributed by atoms with Crippen LogP contribution in [0, 0.1) is 10.1 Å². The number of ether oxygens (including phenoxy) is 1. The predicted molar refractivity (Wildman–Crippen MR) is 71.1 cm³/mol. The first-order valence-corrected chi connectivity index (χ1v) is 6.13. The summed E-state index contributed by atoms with van der Waals surface area (Å²) in [4.78, 5) is 16.0. The van der Waals surface area contributed by atoms with Crippen molar-refractivity contribution in [3.8, 4) is 0 Å². The van der Waals surface area contributed by atoms with Crippen molar-refractivity contribution in [1.29, 1.82) is 0 Å². The smallest absolute Gasteiger partial charge is 0.390 e. The molecular formula is C13H15N3O4. The number of nitrogens with one attached hydrogen (secondary N) is 1. The monoisotopic (exact) mass is 277 g/mol. The van der Waals surface area contributed by atoms with Crippen LogP contribution < -0.4 is 0 Å². The van der Waals surface area contributed by atoms with Gasteiger partial charge in [0.2, 0.25) is 0 Å². The fourth-order valence-corrected chi connectivity index (χ4v) is 1.74. The molecule has 1 heterocycles. The molecule has 0 saturated heterocycles. The first-order valence-electron chi connectivity index (χ1n) is 6.13. The van der Waals surface area contributed by atoms with Crippen LogP contribution in [0.3, 0.4) is 0 Å². The van der Waals surface area contributed by atoms with Crippen LogP contribution in [-0.4, -0.2) is 32.7 Å². The maximum Gasteiger partial charge on any atom is 0.432 e. The molecule has 0 saturated carbocycles. The third-order valence-corrected chi connectivity index (χ3v) is 2.67. The van der Waals surface area contributed by atoms with Gasteiger partial charge in [-0.2, -0.15) is 0 Å². The van der Waals surface area contributed by atoms with Crippen molar-refractivity contribution in [3.05, 3.63) is 57.9 Å². The van der Waals surface area contributed by atoms with Crippen LogP contribution in [0.5, 0.6) is 0 Å². The number of aromatic amines is 1. The molecule has 0 spiro atoms. The molecule has 1 atom stereocenters. The van der Waals surface area contributed by atoms with Crippen LogP contribution in [0.25, 0.3) is 0 Å². The molecule has 0 radical (unpaired) electrons. The molecule has 1 aromatic heterocycles. The van der Waals surface area contributed by atoms with E-state index < -0.39 is 11.0 Å². The van der Waals surface area contributed by atoms with Crippen molar-refractivity contribution in [1.82, 2.24) is 9.97 Å². The van der Waals surface area contributed by atoms with E-state index >= 15 is 0 Å². The van der Waals surface area contributed by atoms with Gasteiger partial charge in [0.15, 0.2) is 0 Å². The Balaban J connectivity index is 1.74. The molecule has 0 aliphatic carbocycles. The molecule has 2 aromatic rings. The number of hydrogen-bond donors (Lipinski definition) is 2. The summed E-state index contributed by atoms with van der Waals surface area (Å²) in [6.07, 6.45) is 0.840. The third kappa shape index (κ3) is 4.15. The quantitative estimate of drug-likeness (QED) is 0.589. The van der Waals surface area contributed by atoms with Crippen LogP contribution in [0.4, 0.5) is 5.95 Å². The van der Waals surface area contributed by atoms with Gasteiger partial charge in [0.25, 0.3) is 0 Å². The summed E-state index contributed by atoms with van der Waals surface area (Å²) < 4.78 is 5.39. The summed E-state index contributed by atoms with van der Waals surface area (Å²) in [5, 5.41) is 20.2. The van der Waals surface area contributed by atoms with E-state index in [-0.39, 0.29) is 19.0 Å². The van der Waals surface area contributed by atoms with Crippen LogP contribution in [0.2, 0.25) is 0 Å². The lowest BCUT2D eigenvalue weighted by Crippen LogP contribution is -2.18. The van der Waals surface area contributed by atoms with E-state index in [0.717, 1.165) is 5.56 Å². The summed E-state index contributed by atoms with van der Waals surface area (Å²) in [7, 11) is 0. The molecule has 1 aromatic carbocycles. The van der Waals surface area contributed by atoms with Crippen LogP contribution in [0.1, 0.15) is 11.3 Å². The molecule has 7 heteroatoms. The first-order chi connectivity index (χ1) is 9.65. The van der Waals surface area contributed by atoms with Crippen molar-refractivity contribution in [2.45, 2.75) is 19.1 Å². The molecule has 0 fully saturated rings. The Hall–Kier alpha value is -2.25. The normalized spacial score (nSPS) is 12.2. The lowest BCUT2D eigenvalue weighted by molar-refractivity contribution is -0.393. The zero-order valence-electron chi connectivity index (χ0n) is 10.7. The Labute approximate surface area is 115 Å². The third-order valence-electron chi connectivity index (χ3n) is 2.67. The zero-order chi connectivity index (χ0) is 14.4. The molecule has 0 aliphatic rings. The number of imidazole rings is 1. The van der Waals surface area contributed by atoms with E-state index in [4.69, 9.17) is 4.74 Å². The standard InChI is InChI=1S/C13H15N3O4/c17-12(6-11-7-14-13(15-11)16(18)19)9-20-8-10-4-2-1-3-5-10/h1-5,7,12,17H,6,8-9H2,(H,14,15)/t12-/m1/s1. The maximum absolute atomic E-state index is 10.5. The number of H-pyrrole nitrogens is 1. The molecule has 0 unspecified atom stereocenters. The van der Waals surface area contributed by atoms with Gasteiger partial charge in [-0.1, -0.05) is 35.3 Å². The summed E-state index contributed by atoms with van der Waals surface area (Å²) in [5.41, 5.74) is 1.53. The first kappa shape index (κ1) is 14.2. The average molecular weight is 277 g/mol. The van der Waals surface area contributed by atoms with Gasteiger partial charge in [0.05, 0.1) is 19.3 Å². The number of hydrogen-bond acceptors (Lipinski definition) is 5. The number of nitrogens with zero attached hydrogens (tertiary/aromatic N) is 2. The van der Waals surface area contributed by atoms with E-state index in [1.54, 1.807) is 0 Å². The van der Waals surface area contributed by atoms with Gasteiger partial charge in [-0.15, -0.1) is 0 Å². The average Bonchev–Trinajstić information content (AvgIpc) is 2.88. The maximum atomic E-state index is 10.5. The van der Waals surface area contributed by atoms with Crippen molar-refractivity contribution in [3.63, 3.8) is 0 Å². The van der Waals surface area contributed by atoms with Gasteiger partial charge in [-0.05, 0) is 10.5 Å². The Morgan fingerprint density at radius 1 is 1.40 bits per heavy atom. The molecule has 0 bridgehead atoms. The summed E-state index contributed by atoms with van der Waals surface area (Å²) >= 11 is 0. The zero-order valence-corrected chi connectivity index (χ0v) is 10.7. The van der Waals surface area contributed by atoms with E-state index in [0.29, 0.717) is 12.3 Å². The van der Waals surface area contributed by atoms with Crippen LogP contribution >= 0.6 is 0 Å². The Morgan fingerprint density at radius 2 is 2.15 bits per heavy atom. The summed E-state index contributed by atoms with van der Waals surface area (Å²) in [6, 6.07) is 9.62. The Bertz CT molecular complexity index is 556. The molecule has 2 rings (SSSR count). The lowest BCUT2D eigenvalue weighted by Gasteiger charge is -2.09. The number of aliphatic hydroxyl groups excluding tert-OH is 1. The minimum absolute atomic E-state index is 0.154. The summed E-state index contributed by atoms with van der Waals surface area (Å²) in [5.74, 6) is -0.322. The van der Waals surface area contributed by atoms with Crippen LogP contribution in [-0.2, 0) is 17.8 Å². The van der Waals surface area contributed by atoms with E-state index in [1.165, 1.54) is 6.20 Å². The number of rotatable bonds is 7. The van der Waals surface area contributed by atoms with Gasteiger partial charge in [0.1, 0.15) is 11.9 Å². The van der Waals surface area contributed by atoms with Gasteiger partial charge < -0.3 is 20.0 Å². The Morgan fingerprint density at radius 3 is 2.80 bits per heavy atom. The highest BCUT2D eigenvalue weighted by Crippen LogP contribution is 2.08. The van der Waals surface area contributed by atoms with Gasteiger partial charge >= 0.3 is 5.95 Å².